The first-order chi connectivity index (χ1) is 9.74. The Labute approximate surface area is 125 Å². The molecule has 0 spiro atoms. The number of hydrogen-bond acceptors (Lipinski definition) is 5. The van der Waals surface area contributed by atoms with Gasteiger partial charge in [-0.25, -0.2) is 4.98 Å². The number of rotatable bonds is 4. The highest BCUT2D eigenvalue weighted by molar-refractivity contribution is 7.16. The minimum absolute atomic E-state index is 0.0492. The Morgan fingerprint density at radius 3 is 3.15 bits per heavy atom. The Hall–Kier alpha value is -1.68. The van der Waals surface area contributed by atoms with Gasteiger partial charge in [0.15, 0.2) is 5.13 Å². The summed E-state index contributed by atoms with van der Waals surface area (Å²) in [6.45, 7) is 2.07. The van der Waals surface area contributed by atoms with Crippen LogP contribution in [0.2, 0.25) is 0 Å². The van der Waals surface area contributed by atoms with Crippen LogP contribution in [0.4, 0.5) is 5.13 Å². The van der Waals surface area contributed by atoms with Crippen LogP contribution >= 0.6 is 22.7 Å². The predicted molar refractivity (Wildman–Crippen MR) is 82.3 cm³/mol. The third kappa shape index (κ3) is 3.67. The van der Waals surface area contributed by atoms with Crippen molar-refractivity contribution < 1.29 is 9.90 Å². The molecule has 4 nitrogen and oxygen atoms in total. The van der Waals surface area contributed by atoms with Gasteiger partial charge < -0.3 is 5.11 Å². The zero-order chi connectivity index (χ0) is 14.4. The number of anilines is 1. The lowest BCUT2D eigenvalue weighted by molar-refractivity contribution is 0.103. The van der Waals surface area contributed by atoms with Crippen molar-refractivity contribution in [1.29, 1.82) is 0 Å². The molecular weight excluding hydrogens is 292 g/mol. The fourth-order valence-corrected chi connectivity index (χ4v) is 3.14. The molecule has 0 saturated heterocycles. The van der Waals surface area contributed by atoms with Crippen molar-refractivity contribution >= 4 is 33.7 Å². The van der Waals surface area contributed by atoms with Crippen molar-refractivity contribution in [1.82, 2.24) is 4.98 Å². The zero-order valence-corrected chi connectivity index (χ0v) is 12.6. The molecule has 0 radical (unpaired) electrons. The molecule has 2 aromatic heterocycles. The second kappa shape index (κ2) is 7.20. The van der Waals surface area contributed by atoms with Gasteiger partial charge in [0.05, 0.1) is 22.6 Å². The molecule has 2 N–H and O–H groups in total. The Kier molecular flexibility index (Phi) is 5.30. The number of amides is 1. The largest absolute Gasteiger partial charge is 0.395 e. The van der Waals surface area contributed by atoms with E-state index in [1.54, 1.807) is 6.20 Å². The molecule has 2 rings (SSSR count). The summed E-state index contributed by atoms with van der Waals surface area (Å²) in [7, 11) is 0. The summed E-state index contributed by atoms with van der Waals surface area (Å²) < 4.78 is 0. The highest BCUT2D eigenvalue weighted by Crippen LogP contribution is 2.22. The lowest BCUT2D eigenvalue weighted by Gasteiger charge is -2.01. The standard InChI is InChI=1S/C14H14N2O2S2/c1-2-10-6-8-19-12(10)13(18)16-14-15-9-11(20-14)5-3-4-7-17/h6,8-9,17H,2,4,7H2,1H3,(H,15,16,18). The molecule has 6 heteroatoms. The first kappa shape index (κ1) is 14.7. The maximum Gasteiger partial charge on any atom is 0.267 e. The van der Waals surface area contributed by atoms with Crippen molar-refractivity contribution in [2.75, 3.05) is 11.9 Å². The summed E-state index contributed by atoms with van der Waals surface area (Å²) in [6.07, 6.45) is 2.90. The van der Waals surface area contributed by atoms with E-state index in [1.807, 2.05) is 18.4 Å². The van der Waals surface area contributed by atoms with Crippen molar-refractivity contribution in [3.63, 3.8) is 0 Å². The number of thiophene rings is 1. The fourth-order valence-electron chi connectivity index (χ4n) is 1.56. The zero-order valence-electron chi connectivity index (χ0n) is 11.0. The molecule has 0 bridgehead atoms. The number of hydrogen-bond donors (Lipinski definition) is 2. The van der Waals surface area contributed by atoms with Gasteiger partial charge in [-0.05, 0) is 23.4 Å². The third-order valence-corrected chi connectivity index (χ3v) is 4.29. The number of aliphatic hydroxyl groups excluding tert-OH is 1. The fraction of sp³-hybridized carbons (Fsp3) is 0.286. The van der Waals surface area contributed by atoms with Gasteiger partial charge in [-0.15, -0.1) is 11.3 Å². The molecule has 2 aromatic rings. The summed E-state index contributed by atoms with van der Waals surface area (Å²) in [6, 6.07) is 1.97. The minimum Gasteiger partial charge on any atom is -0.395 e. The molecule has 2 heterocycles. The molecule has 104 valence electrons. The van der Waals surface area contributed by atoms with Crippen LogP contribution in [0.1, 0.15) is 33.5 Å². The number of carbonyl (C=O) groups is 1. The van der Waals surface area contributed by atoms with E-state index in [2.05, 4.69) is 22.1 Å². The van der Waals surface area contributed by atoms with Gasteiger partial charge >= 0.3 is 0 Å². The number of thiazole rings is 1. The number of aryl methyl sites for hydroxylation is 1. The lowest BCUT2D eigenvalue weighted by atomic mass is 10.2. The normalized spacial score (nSPS) is 9.90. The van der Waals surface area contributed by atoms with E-state index in [4.69, 9.17) is 5.11 Å². The first-order valence-corrected chi connectivity index (χ1v) is 7.87. The average Bonchev–Trinajstić information content (AvgIpc) is 3.07. The molecular formula is C14H14N2O2S2. The van der Waals surface area contributed by atoms with Gasteiger partial charge in [-0.2, -0.15) is 0 Å². The minimum atomic E-state index is -0.124. The van der Waals surface area contributed by atoms with E-state index in [-0.39, 0.29) is 12.5 Å². The number of aliphatic hydroxyl groups is 1. The van der Waals surface area contributed by atoms with E-state index in [0.717, 1.165) is 21.7 Å². The molecule has 20 heavy (non-hydrogen) atoms. The smallest absolute Gasteiger partial charge is 0.267 e. The second-order valence-corrected chi connectivity index (χ2v) is 5.83. The Morgan fingerprint density at radius 1 is 1.55 bits per heavy atom. The van der Waals surface area contributed by atoms with Crippen LogP contribution in [-0.2, 0) is 6.42 Å². The first-order valence-electron chi connectivity index (χ1n) is 6.18. The van der Waals surface area contributed by atoms with Crippen LogP contribution in [0.15, 0.2) is 17.6 Å². The quantitative estimate of drug-likeness (QED) is 0.854. The van der Waals surface area contributed by atoms with E-state index < -0.39 is 0 Å². The van der Waals surface area contributed by atoms with Gasteiger partial charge in [0.2, 0.25) is 0 Å². The van der Waals surface area contributed by atoms with Gasteiger partial charge in [0.1, 0.15) is 0 Å². The van der Waals surface area contributed by atoms with Gasteiger partial charge in [-0.1, -0.05) is 30.1 Å². The Bertz CT molecular complexity index is 649. The Balaban J connectivity index is 2.04. The van der Waals surface area contributed by atoms with Gasteiger partial charge in [0, 0.05) is 6.42 Å². The van der Waals surface area contributed by atoms with Gasteiger partial charge in [-0.3, -0.25) is 10.1 Å². The summed E-state index contributed by atoms with van der Waals surface area (Å²) in [5.41, 5.74) is 1.05. The number of aromatic nitrogens is 1. The predicted octanol–water partition coefficient (Wildman–Crippen LogP) is 2.75. The third-order valence-electron chi connectivity index (χ3n) is 2.51. The summed E-state index contributed by atoms with van der Waals surface area (Å²) >= 11 is 2.76. The average molecular weight is 306 g/mol. The van der Waals surface area contributed by atoms with Crippen LogP contribution in [-0.4, -0.2) is 22.6 Å². The second-order valence-electron chi connectivity index (χ2n) is 3.89. The molecule has 1 amide bonds. The molecule has 0 aliphatic heterocycles. The van der Waals surface area contributed by atoms with E-state index >= 15 is 0 Å². The lowest BCUT2D eigenvalue weighted by Crippen LogP contribution is -2.11. The number of nitrogens with zero attached hydrogens (tertiary/aromatic N) is 1. The van der Waals surface area contributed by atoms with Crippen LogP contribution in [0.25, 0.3) is 0 Å². The molecule has 0 atom stereocenters. The van der Waals surface area contributed by atoms with Crippen molar-refractivity contribution in [3.8, 4) is 11.8 Å². The Morgan fingerprint density at radius 2 is 2.40 bits per heavy atom. The summed E-state index contributed by atoms with van der Waals surface area (Å²) in [5.74, 6) is 5.59. The number of carbonyl (C=O) groups excluding carboxylic acids is 1. The van der Waals surface area contributed by atoms with E-state index in [0.29, 0.717) is 11.6 Å². The van der Waals surface area contributed by atoms with E-state index in [1.165, 1.54) is 22.7 Å². The monoisotopic (exact) mass is 306 g/mol. The summed E-state index contributed by atoms with van der Waals surface area (Å²) in [5, 5.41) is 13.9. The molecule has 0 aliphatic carbocycles. The molecule has 0 aliphatic rings. The SMILES string of the molecule is CCc1ccsc1C(=O)Nc1ncc(C#CCCO)s1. The van der Waals surface area contributed by atoms with Crippen LogP contribution in [0.3, 0.4) is 0 Å². The topological polar surface area (TPSA) is 62.2 Å². The van der Waals surface area contributed by atoms with Gasteiger partial charge in [0.25, 0.3) is 5.91 Å². The summed E-state index contributed by atoms with van der Waals surface area (Å²) in [4.78, 5) is 17.8. The maximum atomic E-state index is 12.1. The highest BCUT2D eigenvalue weighted by Gasteiger charge is 2.13. The van der Waals surface area contributed by atoms with E-state index in [9.17, 15) is 4.79 Å². The molecule has 0 unspecified atom stereocenters. The van der Waals surface area contributed by atoms with Crippen molar-refractivity contribution in [2.45, 2.75) is 19.8 Å². The number of nitrogens with one attached hydrogen (secondary N) is 1. The van der Waals surface area contributed by atoms with Crippen LogP contribution in [0, 0.1) is 11.8 Å². The van der Waals surface area contributed by atoms with Crippen molar-refractivity contribution in [3.05, 3.63) is 33.0 Å². The van der Waals surface area contributed by atoms with Crippen molar-refractivity contribution in [2.24, 2.45) is 0 Å². The molecule has 0 fully saturated rings. The molecule has 0 saturated carbocycles. The molecule has 0 aromatic carbocycles. The van der Waals surface area contributed by atoms with Crippen LogP contribution < -0.4 is 5.32 Å². The maximum absolute atomic E-state index is 12.1. The highest BCUT2D eigenvalue weighted by atomic mass is 32.1. The van der Waals surface area contributed by atoms with Crippen LogP contribution in [0.5, 0.6) is 0 Å².